The van der Waals surface area contributed by atoms with E-state index >= 15 is 0 Å². The Labute approximate surface area is 126 Å². The van der Waals surface area contributed by atoms with Gasteiger partial charge in [0.1, 0.15) is 6.04 Å². The molecule has 1 N–H and O–H groups in total. The molecule has 1 amide bonds. The van der Waals surface area contributed by atoms with Crippen LogP contribution in [0.4, 0.5) is 13.2 Å². The Kier molecular flexibility index (Phi) is 5.96. The fourth-order valence-corrected chi connectivity index (χ4v) is 1.55. The number of hydrogen-bond acceptors (Lipinski definition) is 3. The highest BCUT2D eigenvalue weighted by molar-refractivity contribution is 5.96. The third kappa shape index (κ3) is 5.38. The highest BCUT2D eigenvalue weighted by Crippen LogP contribution is 2.29. The zero-order valence-corrected chi connectivity index (χ0v) is 12.5. The Morgan fingerprint density at radius 3 is 2.41 bits per heavy atom. The fourth-order valence-electron chi connectivity index (χ4n) is 1.55. The number of esters is 1. The maximum atomic E-state index is 12.6. The first-order chi connectivity index (χ1) is 10.1. The van der Waals surface area contributed by atoms with Gasteiger partial charge in [-0.2, -0.15) is 13.2 Å². The molecule has 0 saturated heterocycles. The van der Waals surface area contributed by atoms with Gasteiger partial charge >= 0.3 is 12.1 Å². The fraction of sp³-hybridized carbons (Fsp3) is 0.467. The first kappa shape index (κ1) is 18.0. The third-order valence-electron chi connectivity index (χ3n) is 2.71. The topological polar surface area (TPSA) is 55.4 Å². The molecule has 0 aliphatic carbocycles. The van der Waals surface area contributed by atoms with E-state index in [1.165, 1.54) is 13.0 Å². The molecule has 0 heterocycles. The van der Waals surface area contributed by atoms with Gasteiger partial charge in [0.25, 0.3) is 5.91 Å². The molecule has 0 saturated carbocycles. The number of amides is 1. The molecule has 4 nitrogen and oxygen atoms in total. The van der Waals surface area contributed by atoms with Crippen molar-refractivity contribution in [1.82, 2.24) is 5.32 Å². The first-order valence-corrected chi connectivity index (χ1v) is 6.76. The van der Waals surface area contributed by atoms with Crippen LogP contribution >= 0.6 is 0 Å². The summed E-state index contributed by atoms with van der Waals surface area (Å²) in [6.07, 6.45) is -4.53. The van der Waals surface area contributed by atoms with E-state index in [0.717, 1.165) is 18.2 Å². The van der Waals surface area contributed by atoms with Crippen molar-refractivity contribution in [2.75, 3.05) is 6.61 Å². The van der Waals surface area contributed by atoms with Crippen LogP contribution in [-0.2, 0) is 15.7 Å². The molecule has 22 heavy (non-hydrogen) atoms. The summed E-state index contributed by atoms with van der Waals surface area (Å²) in [5, 5.41) is 2.32. The van der Waals surface area contributed by atoms with Gasteiger partial charge in [0.05, 0.1) is 12.2 Å². The number of carbonyl (C=O) groups excluding carboxylic acids is 2. The maximum Gasteiger partial charge on any atom is 0.416 e. The number of alkyl halides is 3. The lowest BCUT2D eigenvalue weighted by molar-refractivity contribution is -0.146. The minimum absolute atomic E-state index is 0.148. The molecule has 0 bridgehead atoms. The Bertz CT molecular complexity index is 541. The second-order valence-electron chi connectivity index (χ2n) is 5.30. The molecule has 122 valence electrons. The number of benzene rings is 1. The Morgan fingerprint density at radius 1 is 1.23 bits per heavy atom. The average Bonchev–Trinajstić information content (AvgIpc) is 2.43. The van der Waals surface area contributed by atoms with Gasteiger partial charge in [-0.15, -0.1) is 0 Å². The summed E-state index contributed by atoms with van der Waals surface area (Å²) in [4.78, 5) is 23.5. The van der Waals surface area contributed by atoms with Crippen molar-refractivity contribution in [2.24, 2.45) is 5.92 Å². The molecule has 1 aromatic carbocycles. The Hall–Kier alpha value is -2.05. The van der Waals surface area contributed by atoms with Crippen molar-refractivity contribution in [1.29, 1.82) is 0 Å². The lowest BCUT2D eigenvalue weighted by Crippen LogP contribution is -2.40. The van der Waals surface area contributed by atoms with Gasteiger partial charge in [0.2, 0.25) is 0 Å². The standard InChI is InChI=1S/C15H18F3NO3/c1-9(2)8-22-14(21)10(3)19-13(20)11-5-4-6-12(7-11)15(16,17)18/h4-7,9-10H,8H2,1-3H3,(H,19,20)/t10-/m0/s1. The van der Waals surface area contributed by atoms with Crippen molar-refractivity contribution in [3.05, 3.63) is 35.4 Å². The molecule has 1 aromatic rings. The van der Waals surface area contributed by atoms with Gasteiger partial charge in [-0.05, 0) is 31.0 Å². The summed E-state index contributed by atoms with van der Waals surface area (Å²) in [6, 6.07) is 3.05. The normalized spacial score (nSPS) is 12.9. The van der Waals surface area contributed by atoms with Crippen LogP contribution in [0.5, 0.6) is 0 Å². The minimum atomic E-state index is -4.53. The lowest BCUT2D eigenvalue weighted by Gasteiger charge is -2.15. The smallest absolute Gasteiger partial charge is 0.416 e. The van der Waals surface area contributed by atoms with Crippen LogP contribution < -0.4 is 5.32 Å². The number of halogens is 3. The molecule has 0 fully saturated rings. The molecular weight excluding hydrogens is 299 g/mol. The third-order valence-corrected chi connectivity index (χ3v) is 2.71. The number of nitrogens with one attached hydrogen (secondary N) is 1. The molecule has 0 aliphatic rings. The van der Waals surface area contributed by atoms with Crippen molar-refractivity contribution in [2.45, 2.75) is 33.0 Å². The monoisotopic (exact) mass is 317 g/mol. The minimum Gasteiger partial charge on any atom is -0.464 e. The van der Waals surface area contributed by atoms with Gasteiger partial charge in [-0.3, -0.25) is 4.79 Å². The van der Waals surface area contributed by atoms with E-state index in [9.17, 15) is 22.8 Å². The predicted molar refractivity (Wildman–Crippen MR) is 74.2 cm³/mol. The summed E-state index contributed by atoms with van der Waals surface area (Å²) in [5.74, 6) is -1.25. The van der Waals surface area contributed by atoms with Crippen LogP contribution in [0.3, 0.4) is 0 Å². The second kappa shape index (κ2) is 7.29. The van der Waals surface area contributed by atoms with Gasteiger partial charge in [0.15, 0.2) is 0 Å². The van der Waals surface area contributed by atoms with E-state index in [-0.39, 0.29) is 18.1 Å². The number of ether oxygens (including phenoxy) is 1. The molecule has 0 unspecified atom stereocenters. The molecule has 0 radical (unpaired) electrons. The largest absolute Gasteiger partial charge is 0.464 e. The Morgan fingerprint density at radius 2 is 1.86 bits per heavy atom. The molecule has 7 heteroatoms. The number of carbonyl (C=O) groups is 2. The number of rotatable bonds is 5. The lowest BCUT2D eigenvalue weighted by atomic mass is 10.1. The van der Waals surface area contributed by atoms with Crippen LogP contribution in [0.2, 0.25) is 0 Å². The number of hydrogen-bond donors (Lipinski definition) is 1. The van der Waals surface area contributed by atoms with E-state index in [4.69, 9.17) is 4.74 Å². The first-order valence-electron chi connectivity index (χ1n) is 6.76. The van der Waals surface area contributed by atoms with Crippen molar-refractivity contribution in [3.63, 3.8) is 0 Å². The Balaban J connectivity index is 2.71. The van der Waals surface area contributed by atoms with E-state index in [1.807, 2.05) is 13.8 Å². The molecular formula is C15H18F3NO3. The summed E-state index contributed by atoms with van der Waals surface area (Å²) in [6.45, 7) is 5.34. The van der Waals surface area contributed by atoms with Gasteiger partial charge in [-0.25, -0.2) is 4.79 Å². The van der Waals surface area contributed by atoms with E-state index < -0.39 is 29.7 Å². The highest BCUT2D eigenvalue weighted by atomic mass is 19.4. The van der Waals surface area contributed by atoms with Crippen LogP contribution in [0.1, 0.15) is 36.7 Å². The summed E-state index contributed by atoms with van der Waals surface area (Å²) >= 11 is 0. The zero-order valence-electron chi connectivity index (χ0n) is 12.5. The van der Waals surface area contributed by atoms with Crippen molar-refractivity contribution < 1.29 is 27.5 Å². The van der Waals surface area contributed by atoms with Crippen LogP contribution in [0, 0.1) is 5.92 Å². The van der Waals surface area contributed by atoms with Crippen molar-refractivity contribution in [3.8, 4) is 0 Å². The van der Waals surface area contributed by atoms with Crippen LogP contribution in [0.15, 0.2) is 24.3 Å². The maximum absolute atomic E-state index is 12.6. The summed E-state index contributed by atoms with van der Waals surface area (Å²) in [7, 11) is 0. The molecule has 1 rings (SSSR count). The van der Waals surface area contributed by atoms with Gasteiger partial charge in [0, 0.05) is 5.56 Å². The van der Waals surface area contributed by atoms with E-state index in [0.29, 0.717) is 0 Å². The van der Waals surface area contributed by atoms with Gasteiger partial charge < -0.3 is 10.1 Å². The SMILES string of the molecule is CC(C)COC(=O)[C@H](C)NC(=O)c1cccc(C(F)(F)F)c1. The zero-order chi connectivity index (χ0) is 16.9. The summed E-state index contributed by atoms with van der Waals surface area (Å²) < 4.78 is 42.7. The van der Waals surface area contributed by atoms with Gasteiger partial charge in [-0.1, -0.05) is 19.9 Å². The molecule has 1 atom stereocenters. The predicted octanol–water partition coefficient (Wildman–Crippen LogP) is 3.02. The van der Waals surface area contributed by atoms with E-state index in [1.54, 1.807) is 0 Å². The summed E-state index contributed by atoms with van der Waals surface area (Å²) in [5.41, 5.74) is -1.09. The van der Waals surface area contributed by atoms with E-state index in [2.05, 4.69) is 5.32 Å². The molecule has 0 spiro atoms. The van der Waals surface area contributed by atoms with Crippen LogP contribution in [0.25, 0.3) is 0 Å². The highest BCUT2D eigenvalue weighted by Gasteiger charge is 2.31. The quantitative estimate of drug-likeness (QED) is 0.849. The molecule has 0 aliphatic heterocycles. The molecule has 0 aromatic heterocycles. The van der Waals surface area contributed by atoms with Crippen molar-refractivity contribution >= 4 is 11.9 Å². The van der Waals surface area contributed by atoms with Crippen LogP contribution in [-0.4, -0.2) is 24.5 Å². The average molecular weight is 317 g/mol. The second-order valence-corrected chi connectivity index (χ2v) is 5.30.